The van der Waals surface area contributed by atoms with Gasteiger partial charge >= 0.3 is 0 Å². The topological polar surface area (TPSA) is 119 Å². The first-order chi connectivity index (χ1) is 32.3. The third-order valence-electron chi connectivity index (χ3n) is 13.5. The van der Waals surface area contributed by atoms with E-state index in [4.69, 9.17) is 52.1 Å². The van der Waals surface area contributed by atoms with Crippen molar-refractivity contribution < 1.29 is 56.9 Å². The van der Waals surface area contributed by atoms with Gasteiger partial charge in [0, 0.05) is 19.3 Å². The van der Waals surface area contributed by atoms with Crippen molar-refractivity contribution in [1.82, 2.24) is 0 Å². The largest absolute Gasteiger partial charge is 0.497 e. The highest BCUT2D eigenvalue weighted by Gasteiger charge is 2.54. The smallest absolute Gasteiger partial charge is 0.163 e. The molecule has 5 saturated heterocycles. The van der Waals surface area contributed by atoms with Crippen molar-refractivity contribution in [3.8, 4) is 5.75 Å². The van der Waals surface area contributed by atoms with Gasteiger partial charge in [0.25, 0.3) is 0 Å². The van der Waals surface area contributed by atoms with Crippen LogP contribution in [0.25, 0.3) is 0 Å². The normalized spacial score (nSPS) is 32.1. The van der Waals surface area contributed by atoms with Crippen LogP contribution >= 0.6 is 0 Å². The molecule has 5 heterocycles. The molecule has 0 radical (unpaired) electrons. The summed E-state index contributed by atoms with van der Waals surface area (Å²) in [6.45, 7) is 6.08. The molecule has 9 rings (SSSR count). The van der Waals surface area contributed by atoms with E-state index in [2.05, 4.69) is 24.3 Å². The fraction of sp³-hybridized carbons (Fsp3) is 0.537. The Hall–Kier alpha value is -4.05. The molecule has 0 aliphatic carbocycles. The average Bonchev–Trinajstić information content (AvgIpc) is 3.42. The Morgan fingerprint density at radius 1 is 0.591 bits per heavy atom. The summed E-state index contributed by atoms with van der Waals surface area (Å²) in [5.74, 6) is 0.0355. The minimum Gasteiger partial charge on any atom is -0.497 e. The van der Waals surface area contributed by atoms with Crippen LogP contribution in [0.5, 0.6) is 5.75 Å². The van der Waals surface area contributed by atoms with Crippen LogP contribution in [0, 0.1) is 0 Å². The molecule has 5 fully saturated rings. The summed E-state index contributed by atoms with van der Waals surface area (Å²) in [4.78, 5) is 14.4. The molecule has 0 N–H and O–H groups in total. The zero-order valence-electron chi connectivity index (χ0n) is 38.5. The number of carbonyl (C=O) groups is 1. The highest BCUT2D eigenvalue weighted by atomic mass is 16.8. The van der Waals surface area contributed by atoms with Crippen LogP contribution in [-0.2, 0) is 78.6 Å². The zero-order chi connectivity index (χ0) is 45.3. The average molecular weight is 907 g/mol. The summed E-state index contributed by atoms with van der Waals surface area (Å²) in [7, 11) is 1.65. The van der Waals surface area contributed by atoms with Gasteiger partial charge in [0.15, 0.2) is 11.6 Å². The summed E-state index contributed by atoms with van der Waals surface area (Å²) in [5.41, 5.74) is 4.18. The maximum atomic E-state index is 14.4. The summed E-state index contributed by atoms with van der Waals surface area (Å²) in [6, 6.07) is 38.3. The van der Waals surface area contributed by atoms with Crippen molar-refractivity contribution in [3.05, 3.63) is 138 Å². The lowest BCUT2D eigenvalue weighted by Gasteiger charge is -2.47. The van der Waals surface area contributed by atoms with Crippen LogP contribution in [0.4, 0.5) is 0 Å². The van der Waals surface area contributed by atoms with Crippen LogP contribution < -0.4 is 4.74 Å². The number of hydrogen-bond acceptors (Lipinski definition) is 12. The van der Waals surface area contributed by atoms with E-state index in [1.165, 1.54) is 0 Å². The van der Waals surface area contributed by atoms with E-state index < -0.39 is 42.4 Å². The minimum absolute atomic E-state index is 0.0203. The Morgan fingerprint density at radius 3 is 1.86 bits per heavy atom. The lowest BCUT2D eigenvalue weighted by Crippen LogP contribution is -2.61. The maximum Gasteiger partial charge on any atom is 0.163 e. The van der Waals surface area contributed by atoms with Crippen molar-refractivity contribution in [3.63, 3.8) is 0 Å². The molecule has 0 unspecified atom stereocenters. The fourth-order valence-electron chi connectivity index (χ4n) is 10.1. The van der Waals surface area contributed by atoms with E-state index in [9.17, 15) is 4.79 Å². The van der Waals surface area contributed by atoms with Crippen LogP contribution in [0.2, 0.25) is 0 Å². The molecule has 0 bridgehead atoms. The first-order valence-corrected chi connectivity index (χ1v) is 23.9. The molecule has 0 amide bonds. The summed E-state index contributed by atoms with van der Waals surface area (Å²) in [5, 5.41) is 0. The van der Waals surface area contributed by atoms with Gasteiger partial charge in [-0.15, -0.1) is 0 Å². The molecule has 4 aromatic carbocycles. The van der Waals surface area contributed by atoms with Crippen LogP contribution in [0.3, 0.4) is 0 Å². The van der Waals surface area contributed by atoms with Gasteiger partial charge in [-0.2, -0.15) is 0 Å². The minimum atomic E-state index is -0.756. The van der Waals surface area contributed by atoms with E-state index in [1.807, 2.05) is 105 Å². The van der Waals surface area contributed by atoms with Gasteiger partial charge in [-0.05, 0) is 73.9 Å². The Labute approximate surface area is 389 Å². The molecule has 12 atom stereocenters. The number of ketones is 1. The molecule has 354 valence electrons. The summed E-state index contributed by atoms with van der Waals surface area (Å²) < 4.78 is 72.8. The first-order valence-electron chi connectivity index (χ1n) is 23.9. The van der Waals surface area contributed by atoms with Gasteiger partial charge < -0.3 is 52.1 Å². The van der Waals surface area contributed by atoms with Crippen molar-refractivity contribution in [1.29, 1.82) is 0 Å². The Balaban J connectivity index is 0.956. The quantitative estimate of drug-likeness (QED) is 0.107. The first kappa shape index (κ1) is 47.0. The number of carbonyl (C=O) groups excluding carboxylic acids is 1. The fourth-order valence-corrected chi connectivity index (χ4v) is 10.1. The van der Waals surface area contributed by atoms with Crippen molar-refractivity contribution in [2.45, 2.75) is 164 Å². The van der Waals surface area contributed by atoms with E-state index in [-0.39, 0.29) is 55.4 Å². The van der Waals surface area contributed by atoms with E-state index in [1.54, 1.807) is 7.11 Å². The second-order valence-electron chi connectivity index (χ2n) is 18.7. The second-order valence-corrected chi connectivity index (χ2v) is 18.7. The molecule has 66 heavy (non-hydrogen) atoms. The Kier molecular flexibility index (Phi) is 15.9. The standard InChI is InChI=1S/C54H66O12/c1-54(2)65-46-29-48-52(61-35-50(46)66-54)53(60-32-38-18-11-6-12-19-38)51(59-33-39-22-24-40(56-3)25-23-39)47(64-48)28-45-41(55)26-27-44-43(62-45)21-13-20-42(58-31-37-16-9-5-10-17-37)49(63-44)34-57-30-36-14-7-4-8-15-36/h4-12,14-19,22-25,42-53H,13,20-21,26-35H2,1-3H3/t42-,43+,44-,45-,46-,47+,48-,49+,50+,51+,52-,53-/m0/s1. The third kappa shape index (κ3) is 12.1. The number of ether oxygens (including phenoxy) is 11. The molecule has 0 spiro atoms. The predicted molar refractivity (Wildman–Crippen MR) is 245 cm³/mol. The van der Waals surface area contributed by atoms with Gasteiger partial charge in [0.1, 0.15) is 42.4 Å². The molecule has 4 aromatic rings. The molecular formula is C54H66O12. The second kappa shape index (κ2) is 22.4. The number of Topliss-reactive ketones (excluding diaryl/α,β-unsaturated/α-hetero) is 1. The zero-order valence-corrected chi connectivity index (χ0v) is 38.5. The van der Waals surface area contributed by atoms with Gasteiger partial charge in [-0.3, -0.25) is 4.79 Å². The summed E-state index contributed by atoms with van der Waals surface area (Å²) in [6.07, 6.45) is -1.18. The highest BCUT2D eigenvalue weighted by Crippen LogP contribution is 2.41. The van der Waals surface area contributed by atoms with Gasteiger partial charge in [0.05, 0.1) is 83.4 Å². The van der Waals surface area contributed by atoms with E-state index in [0.29, 0.717) is 52.3 Å². The number of fused-ring (bicyclic) bond motifs is 3. The van der Waals surface area contributed by atoms with Gasteiger partial charge in [-0.1, -0.05) is 103 Å². The highest BCUT2D eigenvalue weighted by molar-refractivity contribution is 5.83. The Morgan fingerprint density at radius 2 is 1.18 bits per heavy atom. The summed E-state index contributed by atoms with van der Waals surface area (Å²) >= 11 is 0. The molecule has 5 aliphatic rings. The molecule has 12 heteroatoms. The van der Waals surface area contributed by atoms with E-state index in [0.717, 1.165) is 47.3 Å². The molecule has 0 saturated carbocycles. The lowest BCUT2D eigenvalue weighted by atomic mass is 9.88. The van der Waals surface area contributed by atoms with E-state index >= 15 is 0 Å². The van der Waals surface area contributed by atoms with Gasteiger partial charge in [-0.25, -0.2) is 0 Å². The SMILES string of the molecule is COc1ccc(CO[C@H]2[C@H](OCc3ccccc3)[C@H]3OC[C@H]4OC(C)(C)O[C@H]4C[C@@H]3O[C@@H]2C[C@@H]2O[C@@H]3CCC[C@H](OCc4ccccc4)[C@@H](COCc4ccccc4)O[C@H]3CCC2=O)cc1. The van der Waals surface area contributed by atoms with Crippen LogP contribution in [0.1, 0.15) is 81.0 Å². The molecular weight excluding hydrogens is 841 g/mol. The third-order valence-corrected chi connectivity index (χ3v) is 13.5. The maximum absolute atomic E-state index is 14.4. The predicted octanol–water partition coefficient (Wildman–Crippen LogP) is 8.49. The van der Waals surface area contributed by atoms with Crippen molar-refractivity contribution >= 4 is 5.78 Å². The van der Waals surface area contributed by atoms with Crippen molar-refractivity contribution in [2.24, 2.45) is 0 Å². The van der Waals surface area contributed by atoms with Crippen LogP contribution in [-0.4, -0.2) is 105 Å². The lowest BCUT2D eigenvalue weighted by molar-refractivity contribution is -0.272. The number of rotatable bonds is 16. The monoisotopic (exact) mass is 906 g/mol. The van der Waals surface area contributed by atoms with Crippen LogP contribution in [0.15, 0.2) is 115 Å². The van der Waals surface area contributed by atoms with Gasteiger partial charge in [0.2, 0.25) is 0 Å². The number of benzene rings is 4. The Bertz CT molecular complexity index is 2090. The number of methoxy groups -OCH3 is 1. The number of hydrogen-bond donors (Lipinski definition) is 0. The molecule has 0 aromatic heterocycles. The van der Waals surface area contributed by atoms with Crippen molar-refractivity contribution in [2.75, 3.05) is 20.3 Å². The molecule has 5 aliphatic heterocycles. The molecule has 12 nitrogen and oxygen atoms in total.